The lowest BCUT2D eigenvalue weighted by Crippen LogP contribution is -3.00. The largest absolute Gasteiger partial charge is 1.00 e. The summed E-state index contributed by atoms with van der Waals surface area (Å²) >= 11 is 0. The standard InChI is InChI=1S/C21H37N2.BrH/c1-19-13-12-14-20(2)21(19)22(3)15-8-5-6-9-16-23(4)17-10-7-11-18-23;/h12-14H,5-11,15-18H2,1-4H3;1H/q+1;/p-1. The van der Waals surface area contributed by atoms with Crippen LogP contribution in [0.4, 0.5) is 5.69 Å². The van der Waals surface area contributed by atoms with E-state index in [1.807, 2.05) is 0 Å². The number of rotatable bonds is 8. The number of hydrogen-bond donors (Lipinski definition) is 0. The minimum atomic E-state index is 0. The van der Waals surface area contributed by atoms with Gasteiger partial charge >= 0.3 is 0 Å². The highest BCUT2D eigenvalue weighted by Crippen LogP contribution is 2.24. The van der Waals surface area contributed by atoms with E-state index in [0.717, 1.165) is 0 Å². The van der Waals surface area contributed by atoms with Crippen molar-refractivity contribution in [1.82, 2.24) is 0 Å². The molecule has 0 amide bonds. The second-order valence-corrected chi connectivity index (χ2v) is 7.93. The van der Waals surface area contributed by atoms with Gasteiger partial charge in [0.25, 0.3) is 0 Å². The van der Waals surface area contributed by atoms with Gasteiger partial charge in [-0.1, -0.05) is 24.6 Å². The molecule has 1 heterocycles. The van der Waals surface area contributed by atoms with Crippen molar-refractivity contribution in [3.05, 3.63) is 29.3 Å². The summed E-state index contributed by atoms with van der Waals surface area (Å²) in [5.41, 5.74) is 4.23. The van der Waals surface area contributed by atoms with Crippen LogP contribution in [0.25, 0.3) is 0 Å². The van der Waals surface area contributed by atoms with Crippen LogP contribution in [0.15, 0.2) is 18.2 Å². The maximum Gasteiger partial charge on any atom is 0.0784 e. The molecule has 1 saturated heterocycles. The first kappa shape index (κ1) is 21.5. The van der Waals surface area contributed by atoms with Gasteiger partial charge in [0, 0.05) is 19.3 Å². The van der Waals surface area contributed by atoms with Crippen LogP contribution in [0.5, 0.6) is 0 Å². The summed E-state index contributed by atoms with van der Waals surface area (Å²) in [6, 6.07) is 6.61. The van der Waals surface area contributed by atoms with Crippen molar-refractivity contribution in [2.24, 2.45) is 0 Å². The first-order valence-electron chi connectivity index (χ1n) is 9.63. The van der Waals surface area contributed by atoms with Crippen LogP contribution in [0.2, 0.25) is 0 Å². The van der Waals surface area contributed by atoms with E-state index in [2.05, 4.69) is 51.0 Å². The van der Waals surface area contributed by atoms with E-state index in [1.165, 1.54) is 92.4 Å². The number of piperidine rings is 1. The molecule has 0 spiro atoms. The second-order valence-electron chi connectivity index (χ2n) is 7.93. The normalized spacial score (nSPS) is 16.5. The van der Waals surface area contributed by atoms with E-state index >= 15 is 0 Å². The van der Waals surface area contributed by atoms with E-state index in [0.29, 0.717) is 0 Å². The molecule has 0 unspecified atom stereocenters. The first-order valence-corrected chi connectivity index (χ1v) is 9.63. The Balaban J connectivity index is 0.00000288. The molecular formula is C21H37BrN2. The number of nitrogens with zero attached hydrogens (tertiary/aromatic N) is 2. The molecule has 1 aromatic carbocycles. The van der Waals surface area contributed by atoms with Crippen LogP contribution in [-0.2, 0) is 0 Å². The van der Waals surface area contributed by atoms with Crippen LogP contribution in [0, 0.1) is 13.8 Å². The Kier molecular flexibility index (Phi) is 9.36. The lowest BCUT2D eigenvalue weighted by molar-refractivity contribution is -0.914. The van der Waals surface area contributed by atoms with Gasteiger partial charge in [-0.15, -0.1) is 0 Å². The summed E-state index contributed by atoms with van der Waals surface area (Å²) in [6.45, 7) is 9.85. The van der Waals surface area contributed by atoms with Gasteiger partial charge in [-0.25, -0.2) is 0 Å². The van der Waals surface area contributed by atoms with Gasteiger partial charge in [-0.2, -0.15) is 0 Å². The third-order valence-electron chi connectivity index (χ3n) is 5.66. The molecule has 1 aliphatic heterocycles. The Labute approximate surface area is 160 Å². The number of quaternary nitrogens is 1. The summed E-state index contributed by atoms with van der Waals surface area (Å²) in [4.78, 5) is 2.45. The molecule has 2 nitrogen and oxygen atoms in total. The highest BCUT2D eigenvalue weighted by atomic mass is 79.9. The third kappa shape index (κ3) is 6.40. The summed E-state index contributed by atoms with van der Waals surface area (Å²) < 4.78 is 1.34. The zero-order chi connectivity index (χ0) is 16.7. The van der Waals surface area contributed by atoms with Crippen molar-refractivity contribution in [1.29, 1.82) is 0 Å². The highest BCUT2D eigenvalue weighted by molar-refractivity contribution is 5.58. The predicted molar refractivity (Wildman–Crippen MR) is 102 cm³/mol. The Bertz CT molecular complexity index is 460. The second kappa shape index (κ2) is 10.5. The molecular weight excluding hydrogens is 360 g/mol. The lowest BCUT2D eigenvalue weighted by Gasteiger charge is -2.37. The van der Waals surface area contributed by atoms with E-state index in [4.69, 9.17) is 0 Å². The van der Waals surface area contributed by atoms with Crippen molar-refractivity contribution in [3.8, 4) is 0 Å². The van der Waals surface area contributed by atoms with Crippen LogP contribution in [0.3, 0.4) is 0 Å². The number of anilines is 1. The highest BCUT2D eigenvalue weighted by Gasteiger charge is 2.23. The number of likely N-dealkylation sites (tertiary alicyclic amines) is 1. The Morgan fingerprint density at radius 2 is 1.50 bits per heavy atom. The van der Waals surface area contributed by atoms with Crippen molar-refractivity contribution in [2.45, 2.75) is 58.8 Å². The van der Waals surface area contributed by atoms with E-state index in [-0.39, 0.29) is 17.0 Å². The Hall–Kier alpha value is -0.540. The smallest absolute Gasteiger partial charge is 0.0784 e. The van der Waals surface area contributed by atoms with Crippen molar-refractivity contribution in [2.75, 3.05) is 45.2 Å². The topological polar surface area (TPSA) is 3.24 Å². The molecule has 2 rings (SSSR count). The minimum absolute atomic E-state index is 0. The van der Waals surface area contributed by atoms with Crippen LogP contribution >= 0.6 is 0 Å². The Morgan fingerprint density at radius 3 is 2.12 bits per heavy atom. The summed E-state index contributed by atoms with van der Waals surface area (Å²) in [6.07, 6.45) is 9.83. The molecule has 1 aromatic rings. The molecule has 0 atom stereocenters. The first-order chi connectivity index (χ1) is 11.0. The third-order valence-corrected chi connectivity index (χ3v) is 5.66. The molecule has 0 N–H and O–H groups in total. The maximum atomic E-state index is 2.47. The molecule has 0 bridgehead atoms. The summed E-state index contributed by atoms with van der Waals surface area (Å²) in [5.74, 6) is 0. The summed E-state index contributed by atoms with van der Waals surface area (Å²) in [5, 5.41) is 0. The minimum Gasteiger partial charge on any atom is -1.00 e. The molecule has 1 aliphatic rings. The Morgan fingerprint density at radius 1 is 0.917 bits per heavy atom. The number of halogens is 1. The van der Waals surface area contributed by atoms with Crippen molar-refractivity contribution in [3.63, 3.8) is 0 Å². The number of benzene rings is 1. The van der Waals surface area contributed by atoms with Crippen molar-refractivity contribution < 1.29 is 21.5 Å². The number of para-hydroxylation sites is 1. The van der Waals surface area contributed by atoms with Gasteiger partial charge < -0.3 is 26.4 Å². The average Bonchev–Trinajstić information content (AvgIpc) is 2.51. The quantitative estimate of drug-likeness (QED) is 0.479. The van der Waals surface area contributed by atoms with Crippen LogP contribution < -0.4 is 21.9 Å². The fraction of sp³-hybridized carbons (Fsp3) is 0.714. The zero-order valence-corrected chi connectivity index (χ0v) is 17.9. The molecule has 138 valence electrons. The summed E-state index contributed by atoms with van der Waals surface area (Å²) in [7, 11) is 4.71. The maximum absolute atomic E-state index is 2.47. The van der Waals surface area contributed by atoms with E-state index in [1.54, 1.807) is 0 Å². The van der Waals surface area contributed by atoms with E-state index < -0.39 is 0 Å². The predicted octanol–water partition coefficient (Wildman–Crippen LogP) is 1.93. The number of aryl methyl sites for hydroxylation is 2. The molecule has 0 saturated carbocycles. The average molecular weight is 397 g/mol. The number of unbranched alkanes of at least 4 members (excludes halogenated alkanes) is 3. The lowest BCUT2D eigenvalue weighted by atomic mass is 10.1. The molecule has 0 radical (unpaired) electrons. The fourth-order valence-electron chi connectivity index (χ4n) is 4.21. The monoisotopic (exact) mass is 396 g/mol. The van der Waals surface area contributed by atoms with Gasteiger partial charge in [-0.05, 0) is 63.5 Å². The molecule has 24 heavy (non-hydrogen) atoms. The SMILES string of the molecule is Cc1cccc(C)c1N(C)CCCCCC[N+]1(C)CCCCC1.[Br-]. The van der Waals surface area contributed by atoms with Crippen LogP contribution in [0.1, 0.15) is 56.1 Å². The molecule has 0 aromatic heterocycles. The van der Waals surface area contributed by atoms with Gasteiger partial charge in [0.2, 0.25) is 0 Å². The van der Waals surface area contributed by atoms with Gasteiger partial charge in [0.05, 0.1) is 26.7 Å². The zero-order valence-electron chi connectivity index (χ0n) is 16.3. The molecule has 1 fully saturated rings. The van der Waals surface area contributed by atoms with E-state index in [9.17, 15) is 0 Å². The van der Waals surface area contributed by atoms with Crippen molar-refractivity contribution >= 4 is 5.69 Å². The number of hydrogen-bond acceptors (Lipinski definition) is 1. The molecule has 3 heteroatoms. The van der Waals surface area contributed by atoms with Gasteiger partial charge in [0.1, 0.15) is 0 Å². The molecule has 0 aliphatic carbocycles. The van der Waals surface area contributed by atoms with Gasteiger partial charge in [0.15, 0.2) is 0 Å². The fourth-order valence-corrected chi connectivity index (χ4v) is 4.21. The van der Waals surface area contributed by atoms with Crippen LogP contribution in [-0.4, -0.2) is 44.8 Å². The van der Waals surface area contributed by atoms with Gasteiger partial charge in [-0.3, -0.25) is 0 Å².